The van der Waals surface area contributed by atoms with E-state index >= 15 is 0 Å². The molecule has 5 aromatic heterocycles. The first-order chi connectivity index (χ1) is 38.9. The van der Waals surface area contributed by atoms with Crippen molar-refractivity contribution in [1.29, 1.82) is 0 Å². The fraction of sp³-hybridized carbons (Fsp3) is 0.0986. The van der Waals surface area contributed by atoms with Gasteiger partial charge in [0.05, 0.1) is 32.9 Å². The molecule has 0 saturated carbocycles. The average molecular weight is 1070 g/mol. The molecule has 1 spiro atoms. The Morgan fingerprint density at radius 3 is 1.44 bits per heavy atom. The first-order valence-corrected chi connectivity index (χ1v) is 34.6. The molecule has 7 nitrogen and oxygen atoms in total. The number of nitrogens with zero attached hydrogens (tertiary/aromatic N) is 4. The number of hydrogen-bond acceptors (Lipinski definition) is 7. The summed E-state index contributed by atoms with van der Waals surface area (Å²) in [7, 11) is -3.29. The second kappa shape index (κ2) is 16.9. The summed E-state index contributed by atoms with van der Waals surface area (Å²) in [6.45, 7) is 14.4. The predicted molar refractivity (Wildman–Crippen MR) is 335 cm³/mol. The van der Waals surface area contributed by atoms with Gasteiger partial charge < -0.3 is 23.1 Å². The molecule has 80 heavy (non-hydrogen) atoms. The number of furan rings is 3. The van der Waals surface area contributed by atoms with Crippen molar-refractivity contribution in [2.75, 3.05) is 9.80 Å². The quantitative estimate of drug-likeness (QED) is 0.140. The molecule has 0 amide bonds. The SMILES string of the molecule is C[Si](C)(C)c1ccc(N(c2ccc3c(c2)C2(c4ccccc4-c4ccccc42)c2cc(N(c4ccc([Si](C)(C)C)cc4)c4ccc5c(c4)oc4ncccc45)c4oc5ccccc5c4c2-3)c2ccc3c(c2)oc2ncccc23)cc1. The first-order valence-electron chi connectivity index (χ1n) is 27.6. The molecule has 0 N–H and O–H groups in total. The topological polar surface area (TPSA) is 71.7 Å². The summed E-state index contributed by atoms with van der Waals surface area (Å²) in [5, 5.41) is 9.00. The van der Waals surface area contributed by atoms with E-state index < -0.39 is 21.6 Å². The van der Waals surface area contributed by atoms with Gasteiger partial charge in [0.25, 0.3) is 0 Å². The van der Waals surface area contributed by atoms with Gasteiger partial charge in [0.2, 0.25) is 11.4 Å². The number of benzene rings is 9. The lowest BCUT2D eigenvalue weighted by Crippen LogP contribution is -2.37. The molecule has 2 aliphatic rings. The minimum Gasteiger partial charge on any atom is -0.454 e. The Kier molecular flexibility index (Phi) is 9.86. The van der Waals surface area contributed by atoms with Crippen molar-refractivity contribution in [3.8, 4) is 22.3 Å². The van der Waals surface area contributed by atoms with E-state index in [0.29, 0.717) is 11.4 Å². The summed E-state index contributed by atoms with van der Waals surface area (Å²) in [6, 6.07) is 76.2. The molecular weight excluding hydrogens is 1010 g/mol. The average Bonchev–Trinajstić information content (AvgIpc) is 4.13. The molecule has 16 rings (SSSR count). The molecular formula is C71H54N4O3Si2. The second-order valence-electron chi connectivity index (χ2n) is 23.7. The monoisotopic (exact) mass is 1070 g/mol. The van der Waals surface area contributed by atoms with E-state index in [1.807, 2.05) is 12.1 Å². The lowest BCUT2D eigenvalue weighted by Gasteiger charge is -2.33. The van der Waals surface area contributed by atoms with Crippen molar-refractivity contribution in [2.24, 2.45) is 0 Å². The maximum absolute atomic E-state index is 7.33. The second-order valence-corrected chi connectivity index (χ2v) is 33.9. The number of hydrogen-bond donors (Lipinski definition) is 0. The minimum atomic E-state index is -1.66. The Bertz CT molecular complexity index is 4840. The highest BCUT2D eigenvalue weighted by Gasteiger charge is 2.53. The maximum Gasteiger partial charge on any atom is 0.227 e. The predicted octanol–water partition coefficient (Wildman–Crippen LogP) is 18.5. The van der Waals surface area contributed by atoms with Crippen LogP contribution in [0.4, 0.5) is 34.1 Å². The van der Waals surface area contributed by atoms with Gasteiger partial charge in [-0.05, 0) is 142 Å². The van der Waals surface area contributed by atoms with Gasteiger partial charge in [-0.3, -0.25) is 0 Å². The number of rotatable bonds is 8. The molecule has 5 heterocycles. The third-order valence-corrected chi connectivity index (χ3v) is 21.3. The van der Waals surface area contributed by atoms with Gasteiger partial charge in [0.15, 0.2) is 5.58 Å². The minimum absolute atomic E-state index is 0.620. The maximum atomic E-state index is 7.33. The fourth-order valence-corrected chi connectivity index (χ4v) is 15.7. The van der Waals surface area contributed by atoms with Crippen LogP contribution >= 0.6 is 0 Å². The van der Waals surface area contributed by atoms with Crippen molar-refractivity contribution < 1.29 is 13.3 Å². The van der Waals surface area contributed by atoms with Gasteiger partial charge >= 0.3 is 0 Å². The van der Waals surface area contributed by atoms with Crippen LogP contribution in [0.25, 0.3) is 88.3 Å². The molecule has 2 aliphatic carbocycles. The van der Waals surface area contributed by atoms with Crippen LogP contribution in [-0.4, -0.2) is 26.1 Å². The molecule has 0 saturated heterocycles. The van der Waals surface area contributed by atoms with Crippen LogP contribution in [0, 0.1) is 0 Å². The Balaban J connectivity index is 1.00. The standard InChI is InChI=1S/C71H54N4O3Si2/c1-79(2,3)48-30-23-43(24-31-48)74(46-27-34-52-54-18-13-37-72-69(54)77-64(52)40-46)45-29-36-56-60(39-45)71(58-20-10-7-15-50(58)51-16-8-11-21-59(51)71)61-42-62(68-67(66(56)61)57-17-9-12-22-63(57)76-68)75(44-25-32-49(33-26-44)80(4,5)6)47-28-35-53-55-19-14-38-73-70(55)78-65(53)41-47/h7-42H,1-6H3. The molecule has 9 aromatic carbocycles. The van der Waals surface area contributed by atoms with Crippen molar-refractivity contribution in [2.45, 2.75) is 44.7 Å². The third kappa shape index (κ3) is 6.71. The number of fused-ring (bicyclic) bond motifs is 20. The summed E-state index contributed by atoms with van der Waals surface area (Å²) in [5.41, 5.74) is 19.5. The smallest absolute Gasteiger partial charge is 0.227 e. The zero-order chi connectivity index (χ0) is 53.8. The highest BCUT2D eigenvalue weighted by molar-refractivity contribution is 6.89. The molecule has 9 heteroatoms. The van der Waals surface area contributed by atoms with Crippen LogP contribution in [0.2, 0.25) is 39.3 Å². The Labute approximate surface area is 465 Å². The number of para-hydroxylation sites is 1. The number of aromatic nitrogens is 2. The molecule has 384 valence electrons. The highest BCUT2D eigenvalue weighted by atomic mass is 28.3. The van der Waals surface area contributed by atoms with Crippen LogP contribution < -0.4 is 20.2 Å². The molecule has 0 fully saturated rings. The van der Waals surface area contributed by atoms with Crippen LogP contribution in [0.5, 0.6) is 0 Å². The number of anilines is 6. The van der Waals surface area contributed by atoms with Crippen LogP contribution in [-0.2, 0) is 5.41 Å². The van der Waals surface area contributed by atoms with Gasteiger partial charge in [0, 0.05) is 79.6 Å². The van der Waals surface area contributed by atoms with Gasteiger partial charge in [-0.15, -0.1) is 0 Å². The fourth-order valence-electron chi connectivity index (χ4n) is 13.4. The third-order valence-electron chi connectivity index (χ3n) is 17.1. The van der Waals surface area contributed by atoms with E-state index in [9.17, 15) is 0 Å². The lowest BCUT2D eigenvalue weighted by molar-refractivity contribution is 0.653. The molecule has 0 aliphatic heterocycles. The molecule has 0 unspecified atom stereocenters. The summed E-state index contributed by atoms with van der Waals surface area (Å²) in [6.07, 6.45) is 3.58. The van der Waals surface area contributed by atoms with E-state index in [2.05, 4.69) is 253 Å². The van der Waals surface area contributed by atoms with Crippen LogP contribution in [0.15, 0.2) is 232 Å². The van der Waals surface area contributed by atoms with E-state index in [1.54, 1.807) is 12.4 Å². The summed E-state index contributed by atoms with van der Waals surface area (Å²) in [4.78, 5) is 14.0. The molecule has 0 bridgehead atoms. The number of pyridine rings is 2. The van der Waals surface area contributed by atoms with Gasteiger partial charge in [0.1, 0.15) is 16.7 Å². The van der Waals surface area contributed by atoms with E-state index in [-0.39, 0.29) is 0 Å². The van der Waals surface area contributed by atoms with Crippen molar-refractivity contribution in [3.63, 3.8) is 0 Å². The van der Waals surface area contributed by atoms with Crippen molar-refractivity contribution in [3.05, 3.63) is 241 Å². The van der Waals surface area contributed by atoms with E-state index in [1.165, 1.54) is 54.9 Å². The van der Waals surface area contributed by atoms with Gasteiger partial charge in [-0.2, -0.15) is 0 Å². The summed E-state index contributed by atoms with van der Waals surface area (Å²) in [5.74, 6) is 0. The lowest BCUT2D eigenvalue weighted by atomic mass is 9.70. The van der Waals surface area contributed by atoms with Crippen LogP contribution in [0.3, 0.4) is 0 Å². The Hall–Kier alpha value is -9.29. The molecule has 0 radical (unpaired) electrons. The van der Waals surface area contributed by atoms with Crippen molar-refractivity contribution >= 4 is 127 Å². The van der Waals surface area contributed by atoms with Crippen molar-refractivity contribution in [1.82, 2.24) is 9.97 Å². The van der Waals surface area contributed by atoms with Crippen LogP contribution in [0.1, 0.15) is 22.3 Å². The largest absolute Gasteiger partial charge is 0.454 e. The highest BCUT2D eigenvalue weighted by Crippen LogP contribution is 2.66. The first kappa shape index (κ1) is 46.8. The Morgan fingerprint density at radius 2 is 0.850 bits per heavy atom. The summed E-state index contributed by atoms with van der Waals surface area (Å²) < 4.78 is 20.4. The summed E-state index contributed by atoms with van der Waals surface area (Å²) >= 11 is 0. The normalized spacial score (nSPS) is 13.5. The van der Waals surface area contributed by atoms with Gasteiger partial charge in [-0.1, -0.05) is 147 Å². The molecule has 14 aromatic rings. The zero-order valence-corrected chi connectivity index (χ0v) is 47.3. The zero-order valence-electron chi connectivity index (χ0n) is 45.3. The van der Waals surface area contributed by atoms with E-state index in [0.717, 1.165) is 88.8 Å². The van der Waals surface area contributed by atoms with E-state index in [4.69, 9.17) is 13.3 Å². The molecule has 0 atom stereocenters. The van der Waals surface area contributed by atoms with Gasteiger partial charge in [-0.25, -0.2) is 9.97 Å². The Morgan fingerprint density at radius 1 is 0.362 bits per heavy atom.